The molecule has 0 atom stereocenters. The Morgan fingerprint density at radius 2 is 1.58 bits per heavy atom. The Morgan fingerprint density at radius 1 is 0.895 bits per heavy atom. The van der Waals surface area contributed by atoms with Gasteiger partial charge in [0.25, 0.3) is 0 Å². The Bertz CT molecular complexity index is 712. The highest BCUT2D eigenvalue weighted by atomic mass is 35.5. The first-order valence-electron chi connectivity index (χ1n) is 5.31. The molecule has 0 aromatic heterocycles. The Hall–Kier alpha value is -0.740. The highest BCUT2D eigenvalue weighted by Crippen LogP contribution is 2.28. The number of benzene rings is 2. The van der Waals surface area contributed by atoms with Crippen LogP contribution in [-0.2, 0) is 15.6 Å². The highest BCUT2D eigenvalue weighted by molar-refractivity contribution is 7.90. The summed E-state index contributed by atoms with van der Waals surface area (Å²) in [7, 11) is -3.54. The Balaban J connectivity index is 2.40. The molecule has 6 heteroatoms. The van der Waals surface area contributed by atoms with Gasteiger partial charge in [0.05, 0.1) is 15.7 Å². The number of hydrogen-bond acceptors (Lipinski definition) is 2. The van der Waals surface area contributed by atoms with E-state index in [0.29, 0.717) is 15.6 Å². The molecule has 0 aliphatic rings. The monoisotopic (exact) mass is 334 g/mol. The van der Waals surface area contributed by atoms with Crippen molar-refractivity contribution >= 4 is 44.6 Å². The minimum absolute atomic E-state index is 0.0997. The molecule has 2 aromatic rings. The predicted octanol–water partition coefficient (Wildman–Crippen LogP) is 4.62. The van der Waals surface area contributed by atoms with E-state index in [-0.39, 0.29) is 15.7 Å². The van der Waals surface area contributed by atoms with Gasteiger partial charge >= 0.3 is 0 Å². The molecule has 0 spiro atoms. The van der Waals surface area contributed by atoms with Crippen LogP contribution in [0.3, 0.4) is 0 Å². The average molecular weight is 336 g/mol. The molecule has 19 heavy (non-hydrogen) atoms. The minimum atomic E-state index is -3.54. The molecule has 0 unspecified atom stereocenters. The van der Waals surface area contributed by atoms with E-state index < -0.39 is 9.84 Å². The van der Waals surface area contributed by atoms with Crippen LogP contribution >= 0.6 is 34.8 Å². The summed E-state index contributed by atoms with van der Waals surface area (Å²) in [6.07, 6.45) is 0. The molecule has 0 aliphatic carbocycles. The summed E-state index contributed by atoms with van der Waals surface area (Å²) in [4.78, 5) is 0.0997. The summed E-state index contributed by atoms with van der Waals surface area (Å²) in [6.45, 7) is 0. The molecule has 0 saturated carbocycles. The Morgan fingerprint density at radius 3 is 2.21 bits per heavy atom. The van der Waals surface area contributed by atoms with Crippen LogP contribution in [0.5, 0.6) is 0 Å². The van der Waals surface area contributed by atoms with Gasteiger partial charge < -0.3 is 0 Å². The summed E-state index contributed by atoms with van der Waals surface area (Å²) >= 11 is 17.7. The highest BCUT2D eigenvalue weighted by Gasteiger charge is 2.19. The second kappa shape index (κ2) is 5.71. The fourth-order valence-electron chi connectivity index (χ4n) is 1.62. The summed E-state index contributed by atoms with van der Waals surface area (Å²) in [5.41, 5.74) is 0.492. The maximum absolute atomic E-state index is 12.3. The first-order chi connectivity index (χ1) is 8.90. The van der Waals surface area contributed by atoms with Crippen molar-refractivity contribution < 1.29 is 8.42 Å². The third-order valence-corrected chi connectivity index (χ3v) is 5.28. The molecule has 0 bridgehead atoms. The Labute approximate surface area is 126 Å². The van der Waals surface area contributed by atoms with E-state index in [1.54, 1.807) is 24.3 Å². The first kappa shape index (κ1) is 14.7. The summed E-state index contributed by atoms with van der Waals surface area (Å²) in [5.74, 6) is -0.216. The lowest BCUT2D eigenvalue weighted by atomic mass is 10.2. The summed E-state index contributed by atoms with van der Waals surface area (Å²) in [5, 5.41) is 0.986. The quantitative estimate of drug-likeness (QED) is 0.820. The lowest BCUT2D eigenvalue weighted by molar-refractivity contribution is 0.595. The summed E-state index contributed by atoms with van der Waals surface area (Å²) < 4.78 is 24.6. The predicted molar refractivity (Wildman–Crippen MR) is 78.8 cm³/mol. The van der Waals surface area contributed by atoms with Crippen molar-refractivity contribution in [3.8, 4) is 0 Å². The molecule has 0 heterocycles. The van der Waals surface area contributed by atoms with Crippen LogP contribution in [0.1, 0.15) is 5.56 Å². The molecule has 2 rings (SSSR count). The maximum Gasteiger partial charge on any atom is 0.184 e. The fraction of sp³-hybridized carbons (Fsp3) is 0.0769. The smallest absolute Gasteiger partial charge is 0.184 e. The van der Waals surface area contributed by atoms with Gasteiger partial charge in [-0.1, -0.05) is 53.0 Å². The average Bonchev–Trinajstić information content (AvgIpc) is 2.33. The Kier molecular flexibility index (Phi) is 4.41. The zero-order valence-corrected chi connectivity index (χ0v) is 12.7. The van der Waals surface area contributed by atoms with Crippen molar-refractivity contribution in [1.29, 1.82) is 0 Å². The van der Waals surface area contributed by atoms with Crippen LogP contribution < -0.4 is 0 Å². The third-order valence-electron chi connectivity index (χ3n) is 2.53. The summed E-state index contributed by atoms with van der Waals surface area (Å²) in [6, 6.07) is 11.0. The van der Waals surface area contributed by atoms with Crippen LogP contribution in [0, 0.1) is 0 Å². The zero-order valence-electron chi connectivity index (χ0n) is 9.61. The molecule has 0 amide bonds. The van der Waals surface area contributed by atoms with E-state index in [1.807, 2.05) is 0 Å². The second-order valence-electron chi connectivity index (χ2n) is 3.93. The SMILES string of the molecule is O=S(=O)(Cc1ccc(Cl)cc1Cl)c1ccccc1Cl. The first-order valence-corrected chi connectivity index (χ1v) is 8.10. The molecule has 0 aliphatic heterocycles. The van der Waals surface area contributed by atoms with Crippen LogP contribution in [0.2, 0.25) is 15.1 Å². The van der Waals surface area contributed by atoms with Gasteiger partial charge in [-0.25, -0.2) is 8.42 Å². The molecule has 0 saturated heterocycles. The van der Waals surface area contributed by atoms with E-state index in [1.165, 1.54) is 18.2 Å². The lowest BCUT2D eigenvalue weighted by Gasteiger charge is -2.08. The van der Waals surface area contributed by atoms with Crippen molar-refractivity contribution in [1.82, 2.24) is 0 Å². The number of rotatable bonds is 3. The van der Waals surface area contributed by atoms with Crippen LogP contribution in [0.15, 0.2) is 47.4 Å². The van der Waals surface area contributed by atoms with Gasteiger partial charge in [-0.05, 0) is 29.8 Å². The number of sulfone groups is 1. The minimum Gasteiger partial charge on any atom is -0.223 e. The van der Waals surface area contributed by atoms with Gasteiger partial charge in [-0.15, -0.1) is 0 Å². The van der Waals surface area contributed by atoms with E-state index in [2.05, 4.69) is 0 Å². The molecular formula is C13H9Cl3O2S. The third kappa shape index (κ3) is 3.42. The molecule has 2 nitrogen and oxygen atoms in total. The molecule has 0 radical (unpaired) electrons. The van der Waals surface area contributed by atoms with Gasteiger partial charge in [-0.3, -0.25) is 0 Å². The van der Waals surface area contributed by atoms with Crippen LogP contribution in [-0.4, -0.2) is 8.42 Å². The van der Waals surface area contributed by atoms with E-state index in [4.69, 9.17) is 34.8 Å². The lowest BCUT2D eigenvalue weighted by Crippen LogP contribution is -2.06. The second-order valence-corrected chi connectivity index (χ2v) is 7.13. The van der Waals surface area contributed by atoms with E-state index in [0.717, 1.165) is 0 Å². The number of halogens is 3. The van der Waals surface area contributed by atoms with Crippen molar-refractivity contribution in [2.24, 2.45) is 0 Å². The van der Waals surface area contributed by atoms with Crippen molar-refractivity contribution in [3.05, 3.63) is 63.1 Å². The fourth-order valence-corrected chi connectivity index (χ4v) is 4.13. The molecule has 0 fully saturated rings. The van der Waals surface area contributed by atoms with Crippen molar-refractivity contribution in [2.75, 3.05) is 0 Å². The van der Waals surface area contributed by atoms with Crippen LogP contribution in [0.4, 0.5) is 0 Å². The topological polar surface area (TPSA) is 34.1 Å². The molecule has 2 aromatic carbocycles. The molecule has 0 N–H and O–H groups in total. The van der Waals surface area contributed by atoms with Gasteiger partial charge in [0.1, 0.15) is 0 Å². The van der Waals surface area contributed by atoms with E-state index >= 15 is 0 Å². The van der Waals surface area contributed by atoms with Crippen molar-refractivity contribution in [3.63, 3.8) is 0 Å². The zero-order chi connectivity index (χ0) is 14.0. The van der Waals surface area contributed by atoms with E-state index in [9.17, 15) is 8.42 Å². The van der Waals surface area contributed by atoms with Gasteiger partial charge in [-0.2, -0.15) is 0 Å². The normalized spacial score (nSPS) is 11.5. The van der Waals surface area contributed by atoms with Crippen molar-refractivity contribution in [2.45, 2.75) is 10.6 Å². The van der Waals surface area contributed by atoms with Gasteiger partial charge in [0.15, 0.2) is 9.84 Å². The van der Waals surface area contributed by atoms with Gasteiger partial charge in [0, 0.05) is 10.0 Å². The molecule has 100 valence electrons. The maximum atomic E-state index is 12.3. The van der Waals surface area contributed by atoms with Crippen LogP contribution in [0.25, 0.3) is 0 Å². The number of hydrogen-bond donors (Lipinski definition) is 0. The standard InChI is InChI=1S/C13H9Cl3O2S/c14-10-6-5-9(12(16)7-10)8-19(17,18)13-4-2-1-3-11(13)15/h1-7H,8H2. The van der Waals surface area contributed by atoms with Gasteiger partial charge in [0.2, 0.25) is 0 Å². The largest absolute Gasteiger partial charge is 0.223 e. The molecular weight excluding hydrogens is 327 g/mol.